The number of nitrogens with zero attached hydrogens (tertiary/aromatic N) is 2. The minimum Gasteiger partial charge on any atom is -0.393 e. The lowest BCUT2D eigenvalue weighted by atomic mass is 9.92. The van der Waals surface area contributed by atoms with Gasteiger partial charge in [-0.25, -0.2) is 10.8 Å². The number of nitrogen functional groups attached to an aromatic ring is 1. The number of rotatable bonds is 4. The Labute approximate surface area is 108 Å². The first kappa shape index (κ1) is 13.3. The van der Waals surface area contributed by atoms with Crippen molar-refractivity contribution >= 4 is 5.82 Å². The number of aromatic nitrogens is 1. The predicted octanol–water partition coefficient (Wildman–Crippen LogP) is 0.960. The fourth-order valence-corrected chi connectivity index (χ4v) is 2.47. The molecule has 1 saturated heterocycles. The molecule has 4 N–H and O–H groups in total. The lowest BCUT2D eigenvalue weighted by Gasteiger charge is -2.33. The van der Waals surface area contributed by atoms with Crippen LogP contribution in [0.1, 0.15) is 25.5 Å². The van der Waals surface area contributed by atoms with Gasteiger partial charge < -0.3 is 10.5 Å². The zero-order valence-electron chi connectivity index (χ0n) is 10.8. The summed E-state index contributed by atoms with van der Waals surface area (Å²) in [5.41, 5.74) is 3.59. The van der Waals surface area contributed by atoms with E-state index < -0.39 is 0 Å². The molecule has 0 saturated carbocycles. The highest BCUT2D eigenvalue weighted by Crippen LogP contribution is 2.21. The van der Waals surface area contributed by atoms with Gasteiger partial charge in [0.25, 0.3) is 0 Å². The van der Waals surface area contributed by atoms with Crippen LogP contribution in [0.2, 0.25) is 0 Å². The molecule has 0 radical (unpaired) electrons. The van der Waals surface area contributed by atoms with Crippen LogP contribution in [-0.4, -0.2) is 34.2 Å². The van der Waals surface area contributed by atoms with Crippen LogP contribution in [-0.2, 0) is 6.54 Å². The molecule has 0 aromatic carbocycles. The van der Waals surface area contributed by atoms with E-state index in [0.29, 0.717) is 11.7 Å². The van der Waals surface area contributed by atoms with E-state index in [1.807, 2.05) is 25.1 Å². The van der Waals surface area contributed by atoms with E-state index in [-0.39, 0.29) is 6.10 Å². The Kier molecular flexibility index (Phi) is 4.52. The van der Waals surface area contributed by atoms with Gasteiger partial charge in [-0.1, -0.05) is 6.07 Å². The second kappa shape index (κ2) is 6.13. The summed E-state index contributed by atoms with van der Waals surface area (Å²) in [7, 11) is 0. The maximum absolute atomic E-state index is 9.57. The minimum absolute atomic E-state index is 0.185. The largest absolute Gasteiger partial charge is 0.393 e. The summed E-state index contributed by atoms with van der Waals surface area (Å²) >= 11 is 0. The second-order valence-electron chi connectivity index (χ2n) is 5.01. The molecular formula is C13H22N4O. The SMILES string of the molecule is CC(O)C1CCN(Cc2cccc(NN)n2)CC1. The minimum atomic E-state index is -0.185. The van der Waals surface area contributed by atoms with Crippen molar-refractivity contribution in [1.29, 1.82) is 0 Å². The normalized spacial score (nSPS) is 19.7. The highest BCUT2D eigenvalue weighted by molar-refractivity contribution is 5.33. The number of piperidine rings is 1. The van der Waals surface area contributed by atoms with Gasteiger partial charge in [0.1, 0.15) is 5.82 Å². The Morgan fingerprint density at radius 2 is 2.22 bits per heavy atom. The number of pyridine rings is 1. The van der Waals surface area contributed by atoms with Crippen LogP contribution in [0.3, 0.4) is 0 Å². The van der Waals surface area contributed by atoms with Crippen molar-refractivity contribution in [3.63, 3.8) is 0 Å². The topological polar surface area (TPSA) is 74.4 Å². The summed E-state index contributed by atoms with van der Waals surface area (Å²) in [5, 5.41) is 9.57. The molecule has 2 heterocycles. The lowest BCUT2D eigenvalue weighted by molar-refractivity contribution is 0.0691. The van der Waals surface area contributed by atoms with Gasteiger partial charge in [-0.3, -0.25) is 4.90 Å². The standard InChI is InChI=1S/C13H22N4O/c1-10(18)11-5-7-17(8-6-11)9-12-3-2-4-13(15-12)16-14/h2-4,10-11,18H,5-9,14H2,1H3,(H,15,16). The Balaban J connectivity index is 1.87. The van der Waals surface area contributed by atoms with Gasteiger partial charge in [-0.2, -0.15) is 0 Å². The van der Waals surface area contributed by atoms with Gasteiger partial charge >= 0.3 is 0 Å². The van der Waals surface area contributed by atoms with E-state index in [2.05, 4.69) is 15.3 Å². The Morgan fingerprint density at radius 3 is 2.83 bits per heavy atom. The summed E-state index contributed by atoms with van der Waals surface area (Å²) in [5.74, 6) is 6.50. The molecule has 1 fully saturated rings. The van der Waals surface area contributed by atoms with E-state index in [4.69, 9.17) is 5.84 Å². The van der Waals surface area contributed by atoms with Crippen LogP contribution in [0.15, 0.2) is 18.2 Å². The molecule has 100 valence electrons. The third-order valence-electron chi connectivity index (χ3n) is 3.65. The molecular weight excluding hydrogens is 228 g/mol. The smallest absolute Gasteiger partial charge is 0.140 e. The van der Waals surface area contributed by atoms with Crippen LogP contribution >= 0.6 is 0 Å². The number of hydrogen-bond acceptors (Lipinski definition) is 5. The van der Waals surface area contributed by atoms with E-state index in [9.17, 15) is 5.11 Å². The average Bonchev–Trinajstić information content (AvgIpc) is 2.39. The number of nitrogens with two attached hydrogens (primary N) is 1. The lowest BCUT2D eigenvalue weighted by Crippen LogP contribution is -2.36. The average molecular weight is 250 g/mol. The highest BCUT2D eigenvalue weighted by Gasteiger charge is 2.22. The second-order valence-corrected chi connectivity index (χ2v) is 5.01. The molecule has 2 rings (SSSR count). The van der Waals surface area contributed by atoms with Crippen molar-refractivity contribution in [3.05, 3.63) is 23.9 Å². The summed E-state index contributed by atoms with van der Waals surface area (Å²) in [4.78, 5) is 6.79. The molecule has 18 heavy (non-hydrogen) atoms. The molecule has 1 aliphatic heterocycles. The molecule has 1 aromatic rings. The Bertz CT molecular complexity index is 375. The molecule has 0 aliphatic carbocycles. The number of anilines is 1. The van der Waals surface area contributed by atoms with Crippen molar-refractivity contribution in [2.75, 3.05) is 18.5 Å². The Morgan fingerprint density at radius 1 is 1.50 bits per heavy atom. The van der Waals surface area contributed by atoms with Gasteiger partial charge in [-0.05, 0) is 50.9 Å². The molecule has 0 spiro atoms. The maximum Gasteiger partial charge on any atom is 0.140 e. The van der Waals surface area contributed by atoms with Crippen molar-refractivity contribution in [2.24, 2.45) is 11.8 Å². The molecule has 0 bridgehead atoms. The van der Waals surface area contributed by atoms with Crippen molar-refractivity contribution in [1.82, 2.24) is 9.88 Å². The zero-order valence-corrected chi connectivity index (χ0v) is 10.8. The van der Waals surface area contributed by atoms with Crippen molar-refractivity contribution in [2.45, 2.75) is 32.4 Å². The van der Waals surface area contributed by atoms with Crippen LogP contribution in [0.5, 0.6) is 0 Å². The number of hydrogen-bond donors (Lipinski definition) is 3. The third kappa shape index (κ3) is 3.41. The van der Waals surface area contributed by atoms with E-state index in [1.54, 1.807) is 0 Å². The summed E-state index contributed by atoms with van der Waals surface area (Å²) in [6, 6.07) is 5.82. The first-order valence-electron chi connectivity index (χ1n) is 6.52. The van der Waals surface area contributed by atoms with Gasteiger partial charge in [0, 0.05) is 6.54 Å². The van der Waals surface area contributed by atoms with E-state index in [0.717, 1.165) is 38.2 Å². The van der Waals surface area contributed by atoms with E-state index in [1.165, 1.54) is 0 Å². The fraction of sp³-hybridized carbons (Fsp3) is 0.615. The van der Waals surface area contributed by atoms with E-state index >= 15 is 0 Å². The highest BCUT2D eigenvalue weighted by atomic mass is 16.3. The van der Waals surface area contributed by atoms with Gasteiger partial charge in [0.15, 0.2) is 0 Å². The van der Waals surface area contributed by atoms with Crippen LogP contribution in [0.25, 0.3) is 0 Å². The number of hydrazine groups is 1. The predicted molar refractivity (Wildman–Crippen MR) is 71.7 cm³/mol. The van der Waals surface area contributed by atoms with Crippen LogP contribution in [0.4, 0.5) is 5.82 Å². The maximum atomic E-state index is 9.57. The molecule has 0 amide bonds. The summed E-state index contributed by atoms with van der Waals surface area (Å²) in [6.07, 6.45) is 1.94. The number of likely N-dealkylation sites (tertiary alicyclic amines) is 1. The third-order valence-corrected chi connectivity index (χ3v) is 3.65. The van der Waals surface area contributed by atoms with Crippen LogP contribution < -0.4 is 11.3 Å². The number of aliphatic hydroxyl groups excluding tert-OH is 1. The number of aliphatic hydroxyl groups is 1. The van der Waals surface area contributed by atoms with Crippen molar-refractivity contribution < 1.29 is 5.11 Å². The summed E-state index contributed by atoms with van der Waals surface area (Å²) in [6.45, 7) is 4.79. The molecule has 1 atom stereocenters. The van der Waals surface area contributed by atoms with Crippen molar-refractivity contribution in [3.8, 4) is 0 Å². The monoisotopic (exact) mass is 250 g/mol. The molecule has 1 unspecified atom stereocenters. The molecule has 1 aromatic heterocycles. The number of nitrogens with one attached hydrogen (secondary N) is 1. The molecule has 1 aliphatic rings. The van der Waals surface area contributed by atoms with Gasteiger partial charge in [-0.15, -0.1) is 0 Å². The molecule has 5 nitrogen and oxygen atoms in total. The van der Waals surface area contributed by atoms with Gasteiger partial charge in [0.05, 0.1) is 11.8 Å². The molecule has 5 heteroatoms. The zero-order chi connectivity index (χ0) is 13.0. The fourth-order valence-electron chi connectivity index (χ4n) is 2.47. The van der Waals surface area contributed by atoms with Gasteiger partial charge in [0.2, 0.25) is 0 Å². The Hall–Kier alpha value is -1.17. The van der Waals surface area contributed by atoms with Crippen LogP contribution in [0, 0.1) is 5.92 Å². The first-order valence-corrected chi connectivity index (χ1v) is 6.52. The first-order chi connectivity index (χ1) is 8.69. The quantitative estimate of drug-likeness (QED) is 0.548. The summed E-state index contributed by atoms with van der Waals surface area (Å²) < 4.78 is 0.